The number of benzene rings is 1. The van der Waals surface area contributed by atoms with Crippen molar-refractivity contribution in [1.29, 1.82) is 0 Å². The number of hydrogen-bond donors (Lipinski definition) is 0. The highest BCUT2D eigenvalue weighted by molar-refractivity contribution is 5.88. The molecule has 7 nitrogen and oxygen atoms in total. The second-order valence-electron chi connectivity index (χ2n) is 8.30. The van der Waals surface area contributed by atoms with Crippen molar-refractivity contribution in [2.75, 3.05) is 33.3 Å². The van der Waals surface area contributed by atoms with E-state index in [0.29, 0.717) is 13.0 Å². The fraction of sp³-hybridized carbons (Fsp3) is 0.591. The predicted molar refractivity (Wildman–Crippen MR) is 107 cm³/mol. The molecule has 3 aliphatic rings. The van der Waals surface area contributed by atoms with Crippen molar-refractivity contribution in [3.8, 4) is 5.75 Å². The first kappa shape index (κ1) is 19.7. The molecule has 4 rings (SSSR count). The smallest absolute Gasteiger partial charge is 0.243 e. The van der Waals surface area contributed by atoms with Crippen LogP contribution in [0.1, 0.15) is 44.2 Å². The van der Waals surface area contributed by atoms with E-state index in [-0.39, 0.29) is 42.3 Å². The summed E-state index contributed by atoms with van der Waals surface area (Å²) in [6, 6.07) is 7.25. The van der Waals surface area contributed by atoms with Gasteiger partial charge < -0.3 is 19.4 Å². The minimum Gasteiger partial charge on any atom is -0.497 e. The third-order valence-corrected chi connectivity index (χ3v) is 6.53. The standard InChI is InChI=1S/C22H29N3O4/c1-15(26)24-13-17-12-19(22(28)23-10-4-3-5-11-23)21(25(17)20(27)14-24)16-6-8-18(29-2)9-7-16/h6-9,17,19,21H,3-5,10-14H2,1-2H3/t17-,19-,21-/m1/s1. The van der Waals surface area contributed by atoms with Crippen molar-refractivity contribution in [3.63, 3.8) is 0 Å². The lowest BCUT2D eigenvalue weighted by molar-refractivity contribution is -0.148. The van der Waals surface area contributed by atoms with Gasteiger partial charge in [-0.05, 0) is 43.4 Å². The summed E-state index contributed by atoms with van der Waals surface area (Å²) in [4.78, 5) is 43.8. The topological polar surface area (TPSA) is 70.2 Å². The first-order valence-corrected chi connectivity index (χ1v) is 10.5. The van der Waals surface area contributed by atoms with Gasteiger partial charge in [-0.15, -0.1) is 0 Å². The number of carbonyl (C=O) groups is 3. The molecular weight excluding hydrogens is 370 g/mol. The van der Waals surface area contributed by atoms with Crippen molar-refractivity contribution < 1.29 is 19.1 Å². The largest absolute Gasteiger partial charge is 0.497 e. The monoisotopic (exact) mass is 399 g/mol. The van der Waals surface area contributed by atoms with Crippen LogP contribution in [0.2, 0.25) is 0 Å². The molecule has 3 atom stereocenters. The number of likely N-dealkylation sites (tertiary alicyclic amines) is 1. The molecule has 156 valence electrons. The average molecular weight is 399 g/mol. The Bertz CT molecular complexity index is 788. The maximum atomic E-state index is 13.5. The Morgan fingerprint density at radius 1 is 1.03 bits per heavy atom. The van der Waals surface area contributed by atoms with Gasteiger partial charge in [0.05, 0.1) is 31.7 Å². The lowest BCUT2D eigenvalue weighted by Crippen LogP contribution is -2.55. The maximum absolute atomic E-state index is 13.5. The van der Waals surface area contributed by atoms with Crippen LogP contribution in [-0.2, 0) is 14.4 Å². The van der Waals surface area contributed by atoms with Crippen LogP contribution in [-0.4, -0.2) is 71.8 Å². The molecule has 0 bridgehead atoms. The number of piperazine rings is 1. The zero-order valence-electron chi connectivity index (χ0n) is 17.2. The number of rotatable bonds is 3. The van der Waals surface area contributed by atoms with Gasteiger partial charge in [0.15, 0.2) is 0 Å². The van der Waals surface area contributed by atoms with Gasteiger partial charge in [0.2, 0.25) is 17.7 Å². The van der Waals surface area contributed by atoms with Crippen molar-refractivity contribution in [2.24, 2.45) is 5.92 Å². The second kappa shape index (κ2) is 8.05. The minimum atomic E-state index is -0.290. The summed E-state index contributed by atoms with van der Waals surface area (Å²) in [5, 5.41) is 0. The van der Waals surface area contributed by atoms with Crippen molar-refractivity contribution in [3.05, 3.63) is 29.8 Å². The van der Waals surface area contributed by atoms with Crippen LogP contribution < -0.4 is 4.74 Å². The highest BCUT2D eigenvalue weighted by atomic mass is 16.5. The van der Waals surface area contributed by atoms with Gasteiger partial charge in [0.25, 0.3) is 0 Å². The lowest BCUT2D eigenvalue weighted by Gasteiger charge is -2.40. The van der Waals surface area contributed by atoms with Crippen molar-refractivity contribution in [2.45, 2.75) is 44.7 Å². The minimum absolute atomic E-state index is 0.0776. The molecule has 7 heteroatoms. The Hall–Kier alpha value is -2.57. The fourth-order valence-corrected chi connectivity index (χ4v) is 5.06. The van der Waals surface area contributed by atoms with Crippen molar-refractivity contribution >= 4 is 17.7 Å². The van der Waals surface area contributed by atoms with Crippen LogP contribution in [0, 0.1) is 5.92 Å². The number of fused-ring (bicyclic) bond motifs is 1. The Balaban J connectivity index is 1.66. The summed E-state index contributed by atoms with van der Waals surface area (Å²) in [6.45, 7) is 3.67. The van der Waals surface area contributed by atoms with Gasteiger partial charge in [-0.3, -0.25) is 14.4 Å². The fourth-order valence-electron chi connectivity index (χ4n) is 5.06. The molecule has 3 amide bonds. The number of hydrogen-bond acceptors (Lipinski definition) is 4. The molecule has 1 aromatic rings. The van der Waals surface area contributed by atoms with E-state index >= 15 is 0 Å². The Morgan fingerprint density at radius 3 is 2.34 bits per heavy atom. The van der Waals surface area contributed by atoms with E-state index in [9.17, 15) is 14.4 Å². The summed E-state index contributed by atoms with van der Waals surface area (Å²) in [5.41, 5.74) is 0.952. The van der Waals surface area contributed by atoms with Crippen LogP contribution in [0.25, 0.3) is 0 Å². The van der Waals surface area contributed by atoms with E-state index in [4.69, 9.17) is 4.74 Å². The van der Waals surface area contributed by atoms with Gasteiger partial charge in [-0.25, -0.2) is 0 Å². The molecule has 0 aliphatic carbocycles. The quantitative estimate of drug-likeness (QED) is 0.778. The molecule has 3 heterocycles. The Morgan fingerprint density at radius 2 is 1.72 bits per heavy atom. The third kappa shape index (κ3) is 3.70. The summed E-state index contributed by atoms with van der Waals surface area (Å²) >= 11 is 0. The van der Waals surface area contributed by atoms with Gasteiger partial charge in [-0.1, -0.05) is 12.1 Å². The first-order valence-electron chi connectivity index (χ1n) is 10.5. The Labute approximate surface area is 171 Å². The van der Waals surface area contributed by atoms with E-state index in [0.717, 1.165) is 43.7 Å². The summed E-state index contributed by atoms with van der Waals surface area (Å²) in [7, 11) is 1.62. The summed E-state index contributed by atoms with van der Waals surface area (Å²) < 4.78 is 5.27. The van der Waals surface area contributed by atoms with Crippen LogP contribution in [0.3, 0.4) is 0 Å². The van der Waals surface area contributed by atoms with Gasteiger partial charge in [0, 0.05) is 26.6 Å². The Kier molecular flexibility index (Phi) is 5.48. The van der Waals surface area contributed by atoms with Crippen LogP contribution >= 0.6 is 0 Å². The maximum Gasteiger partial charge on any atom is 0.243 e. The SMILES string of the molecule is COc1ccc([C@@H]2[C@H](C(=O)N3CCCCC3)C[C@@H]3CN(C(C)=O)CC(=O)N32)cc1. The first-order chi connectivity index (χ1) is 14.0. The second-order valence-corrected chi connectivity index (χ2v) is 8.30. The van der Waals surface area contributed by atoms with Crippen molar-refractivity contribution in [1.82, 2.24) is 14.7 Å². The zero-order valence-corrected chi connectivity index (χ0v) is 17.2. The zero-order chi connectivity index (χ0) is 20.5. The molecular formula is C22H29N3O4. The van der Waals surface area contributed by atoms with Crippen LogP contribution in [0.5, 0.6) is 5.75 Å². The summed E-state index contributed by atoms with van der Waals surface area (Å²) in [6.07, 6.45) is 3.84. The molecule has 0 spiro atoms. The number of carbonyl (C=O) groups excluding carboxylic acids is 3. The highest BCUT2D eigenvalue weighted by Gasteiger charge is 2.51. The molecule has 1 aromatic carbocycles. The van der Waals surface area contributed by atoms with E-state index in [2.05, 4.69) is 0 Å². The molecule has 3 saturated heterocycles. The van der Waals surface area contributed by atoms with Crippen LogP contribution in [0.4, 0.5) is 0 Å². The lowest BCUT2D eigenvalue weighted by atomic mass is 9.91. The van der Waals surface area contributed by atoms with Gasteiger partial charge in [-0.2, -0.15) is 0 Å². The van der Waals surface area contributed by atoms with E-state index in [1.165, 1.54) is 6.92 Å². The molecule has 29 heavy (non-hydrogen) atoms. The van der Waals surface area contributed by atoms with E-state index < -0.39 is 0 Å². The number of ether oxygens (including phenoxy) is 1. The molecule has 0 radical (unpaired) electrons. The number of methoxy groups -OCH3 is 1. The molecule has 0 aromatic heterocycles. The van der Waals surface area contributed by atoms with Crippen LogP contribution in [0.15, 0.2) is 24.3 Å². The number of nitrogens with zero attached hydrogens (tertiary/aromatic N) is 3. The average Bonchev–Trinajstić information content (AvgIpc) is 3.14. The molecule has 3 aliphatic heterocycles. The number of piperidine rings is 1. The molecule has 0 N–H and O–H groups in total. The molecule has 0 saturated carbocycles. The summed E-state index contributed by atoms with van der Waals surface area (Å²) in [5.74, 6) is 0.440. The van der Waals surface area contributed by atoms with Gasteiger partial charge >= 0.3 is 0 Å². The number of amides is 3. The normalized spacial score (nSPS) is 27.0. The highest BCUT2D eigenvalue weighted by Crippen LogP contribution is 2.44. The molecule has 3 fully saturated rings. The van der Waals surface area contributed by atoms with E-state index in [1.807, 2.05) is 34.1 Å². The third-order valence-electron chi connectivity index (χ3n) is 6.53. The van der Waals surface area contributed by atoms with E-state index in [1.54, 1.807) is 12.0 Å². The predicted octanol–water partition coefficient (Wildman–Crippen LogP) is 1.83. The van der Waals surface area contributed by atoms with Gasteiger partial charge in [0.1, 0.15) is 5.75 Å². The molecule has 0 unspecified atom stereocenters.